The van der Waals surface area contributed by atoms with Gasteiger partial charge in [-0.05, 0) is 49.8 Å². The number of nitrogens with one attached hydrogen (secondary N) is 3. The first-order valence-electron chi connectivity index (χ1n) is 12.4. The van der Waals surface area contributed by atoms with E-state index in [0.717, 1.165) is 6.20 Å². The van der Waals surface area contributed by atoms with Crippen molar-refractivity contribution in [1.29, 1.82) is 0 Å². The van der Waals surface area contributed by atoms with Gasteiger partial charge in [-0.15, -0.1) is 13.2 Å². The van der Waals surface area contributed by atoms with Gasteiger partial charge in [0, 0.05) is 24.7 Å². The lowest BCUT2D eigenvalue weighted by atomic mass is 9.86. The Morgan fingerprint density at radius 1 is 1.00 bits per heavy atom. The van der Waals surface area contributed by atoms with Crippen LogP contribution in [-0.2, 0) is 16.6 Å². The molecule has 1 heterocycles. The fourth-order valence-electron chi connectivity index (χ4n) is 4.39. The Morgan fingerprint density at radius 3 is 2.35 bits per heavy atom. The van der Waals surface area contributed by atoms with Crippen LogP contribution in [0.1, 0.15) is 31.2 Å². The molecule has 2 aromatic carbocycles. The average Bonchev–Trinajstić information content (AvgIpc) is 2.91. The lowest BCUT2D eigenvalue weighted by Gasteiger charge is -2.29. The molecule has 3 aromatic rings. The minimum Gasteiger partial charge on any atom is -0.405 e. The van der Waals surface area contributed by atoms with Crippen molar-refractivity contribution in [3.05, 3.63) is 76.5 Å². The number of nitro groups is 1. The number of alkyl halides is 3. The molecule has 1 saturated carbocycles. The van der Waals surface area contributed by atoms with Gasteiger partial charge in [-0.3, -0.25) is 10.1 Å². The van der Waals surface area contributed by atoms with Crippen molar-refractivity contribution in [1.82, 2.24) is 14.7 Å². The minimum absolute atomic E-state index is 0.0195. The van der Waals surface area contributed by atoms with Gasteiger partial charge in [0.2, 0.25) is 21.8 Å². The Balaban J connectivity index is 1.34. The second kappa shape index (κ2) is 12.5. The van der Waals surface area contributed by atoms with Crippen LogP contribution in [0.4, 0.5) is 30.6 Å². The van der Waals surface area contributed by atoms with Gasteiger partial charge in [-0.25, -0.2) is 18.1 Å². The normalized spacial score (nSPS) is 17.7. The summed E-state index contributed by atoms with van der Waals surface area (Å²) in [6.07, 6.45) is -1.25. The lowest BCUT2D eigenvalue weighted by Crippen LogP contribution is -2.38. The van der Waals surface area contributed by atoms with Gasteiger partial charge in [0.1, 0.15) is 11.9 Å². The number of aromatic nitrogens is 2. The third-order valence-corrected chi connectivity index (χ3v) is 7.92. The van der Waals surface area contributed by atoms with Crippen molar-refractivity contribution in [3.63, 3.8) is 0 Å². The van der Waals surface area contributed by atoms with E-state index in [-0.39, 0.29) is 52.2 Å². The van der Waals surface area contributed by atoms with E-state index >= 15 is 0 Å². The zero-order valence-electron chi connectivity index (χ0n) is 21.1. The van der Waals surface area contributed by atoms with Crippen LogP contribution in [0.25, 0.3) is 0 Å². The van der Waals surface area contributed by atoms with Crippen molar-refractivity contribution < 1.29 is 31.2 Å². The second-order valence-corrected chi connectivity index (χ2v) is 10.9. The van der Waals surface area contributed by atoms with Gasteiger partial charge in [-0.1, -0.05) is 36.4 Å². The molecule has 0 bridgehead atoms. The molecular formula is C25H27F3N6O5S. The number of para-hydroxylation sites is 1. The predicted octanol–water partition coefficient (Wildman–Crippen LogP) is 4.84. The molecule has 4 rings (SSSR count). The summed E-state index contributed by atoms with van der Waals surface area (Å²) >= 11 is 0. The van der Waals surface area contributed by atoms with Crippen molar-refractivity contribution in [2.75, 3.05) is 17.2 Å². The molecule has 0 radical (unpaired) electrons. The van der Waals surface area contributed by atoms with Crippen LogP contribution >= 0.6 is 0 Å². The highest BCUT2D eigenvalue weighted by atomic mass is 32.2. The molecule has 0 spiro atoms. The Hall–Kier alpha value is -3.98. The summed E-state index contributed by atoms with van der Waals surface area (Å²) in [4.78, 5) is 19.2. The van der Waals surface area contributed by atoms with Gasteiger partial charge in [0.15, 0.2) is 0 Å². The maximum absolute atomic E-state index is 12.7. The number of ether oxygens (including phenoxy) is 1. The number of hydrogen-bond donors (Lipinski definition) is 3. The van der Waals surface area contributed by atoms with Crippen molar-refractivity contribution in [2.24, 2.45) is 5.92 Å². The minimum atomic E-state index is -4.86. The molecule has 1 fully saturated rings. The van der Waals surface area contributed by atoms with Crippen LogP contribution in [0, 0.1) is 16.0 Å². The number of halogens is 3. The molecule has 0 unspecified atom stereocenters. The fraction of sp³-hybridized carbons (Fsp3) is 0.360. The third kappa shape index (κ3) is 8.02. The summed E-state index contributed by atoms with van der Waals surface area (Å²) in [5.74, 6) is -0.317. The molecule has 0 saturated heterocycles. The second-order valence-electron chi connectivity index (χ2n) is 9.23. The Kier molecular flexibility index (Phi) is 9.04. The van der Waals surface area contributed by atoms with E-state index < -0.39 is 21.3 Å². The van der Waals surface area contributed by atoms with Gasteiger partial charge in [0.25, 0.3) is 0 Å². The number of rotatable bonds is 11. The number of benzene rings is 2. The van der Waals surface area contributed by atoms with Crippen LogP contribution in [0.15, 0.2) is 65.7 Å². The molecule has 0 atom stereocenters. The summed E-state index contributed by atoms with van der Waals surface area (Å²) in [6, 6.07) is 13.5. The lowest BCUT2D eigenvalue weighted by molar-refractivity contribution is -0.384. The molecule has 3 N–H and O–H groups in total. The molecule has 0 amide bonds. The Labute approximate surface area is 228 Å². The van der Waals surface area contributed by atoms with Crippen LogP contribution < -0.4 is 20.1 Å². The van der Waals surface area contributed by atoms with Crippen LogP contribution in [0.5, 0.6) is 5.75 Å². The number of anilines is 2. The monoisotopic (exact) mass is 580 g/mol. The first-order valence-corrected chi connectivity index (χ1v) is 13.9. The van der Waals surface area contributed by atoms with Crippen molar-refractivity contribution in [2.45, 2.75) is 49.5 Å². The number of sulfonamides is 1. The van der Waals surface area contributed by atoms with E-state index in [0.29, 0.717) is 32.2 Å². The molecular weight excluding hydrogens is 553 g/mol. The maximum Gasteiger partial charge on any atom is 0.573 e. The summed E-state index contributed by atoms with van der Waals surface area (Å²) in [5.41, 5.74) is -0.161. The molecule has 0 aliphatic heterocycles. The summed E-state index contributed by atoms with van der Waals surface area (Å²) in [7, 11) is -3.62. The quantitative estimate of drug-likeness (QED) is 0.214. The summed E-state index contributed by atoms with van der Waals surface area (Å²) in [5, 5.41) is 17.3. The van der Waals surface area contributed by atoms with E-state index in [1.54, 1.807) is 24.3 Å². The van der Waals surface area contributed by atoms with E-state index in [4.69, 9.17) is 0 Å². The van der Waals surface area contributed by atoms with Crippen LogP contribution in [-0.4, -0.2) is 42.3 Å². The van der Waals surface area contributed by atoms with Gasteiger partial charge in [0.05, 0.1) is 9.82 Å². The number of nitrogens with zero attached hydrogens (tertiary/aromatic N) is 3. The standard InChI is InChI=1S/C25H27F3N6O5S/c26-25(27,28)39-22-9-5-4-6-18(22)15-30-24-31-16-21(34(35)36)23(32-24)29-14-17-10-12-19(13-11-17)33-40(37,38)20-7-2-1-3-8-20/h1-9,16-17,19,33H,10-15H2,(H2,29,30,31,32)/t17-,19-. The van der Waals surface area contributed by atoms with Crippen LogP contribution in [0.2, 0.25) is 0 Å². The highest BCUT2D eigenvalue weighted by Crippen LogP contribution is 2.29. The number of hydrogen-bond acceptors (Lipinski definition) is 9. The van der Waals surface area contributed by atoms with Crippen LogP contribution in [0.3, 0.4) is 0 Å². The van der Waals surface area contributed by atoms with E-state index in [1.165, 1.54) is 30.3 Å². The van der Waals surface area contributed by atoms with Gasteiger partial charge in [-0.2, -0.15) is 4.98 Å². The molecule has 11 nitrogen and oxygen atoms in total. The molecule has 1 aliphatic carbocycles. The highest BCUT2D eigenvalue weighted by molar-refractivity contribution is 7.89. The largest absolute Gasteiger partial charge is 0.573 e. The summed E-state index contributed by atoms with van der Waals surface area (Å²) < 4.78 is 70.0. The molecule has 214 valence electrons. The maximum atomic E-state index is 12.7. The first-order chi connectivity index (χ1) is 19.0. The molecule has 40 heavy (non-hydrogen) atoms. The summed E-state index contributed by atoms with van der Waals surface area (Å²) in [6.45, 7) is 0.240. The van der Waals surface area contributed by atoms with E-state index in [2.05, 4.69) is 30.1 Å². The molecule has 15 heteroatoms. The highest BCUT2D eigenvalue weighted by Gasteiger charge is 2.32. The van der Waals surface area contributed by atoms with Crippen molar-refractivity contribution in [3.8, 4) is 5.75 Å². The topological polar surface area (TPSA) is 148 Å². The smallest absolute Gasteiger partial charge is 0.405 e. The average molecular weight is 581 g/mol. The SMILES string of the molecule is O=[N+]([O-])c1cnc(NCc2ccccc2OC(F)(F)F)nc1NC[C@H]1CC[C@H](NS(=O)(=O)c2ccccc2)CC1. The third-order valence-electron chi connectivity index (χ3n) is 6.38. The zero-order chi connectivity index (χ0) is 28.8. The Morgan fingerprint density at radius 2 is 1.68 bits per heavy atom. The van der Waals surface area contributed by atoms with E-state index in [1.807, 2.05) is 0 Å². The zero-order valence-corrected chi connectivity index (χ0v) is 21.9. The molecule has 1 aliphatic rings. The van der Waals surface area contributed by atoms with Crippen molar-refractivity contribution >= 4 is 27.5 Å². The van der Waals surface area contributed by atoms with E-state index in [9.17, 15) is 31.7 Å². The first kappa shape index (κ1) is 29.0. The van der Waals surface area contributed by atoms with Gasteiger partial charge < -0.3 is 15.4 Å². The Bertz CT molecular complexity index is 1420. The molecule has 1 aromatic heterocycles. The predicted molar refractivity (Wildman–Crippen MR) is 140 cm³/mol. The fourth-order valence-corrected chi connectivity index (χ4v) is 5.71. The van der Waals surface area contributed by atoms with Gasteiger partial charge >= 0.3 is 12.0 Å².